The molecule has 1 atom stereocenters. The first-order chi connectivity index (χ1) is 17.0. The molecule has 0 fully saturated rings. The van der Waals surface area contributed by atoms with E-state index in [4.69, 9.17) is 4.74 Å². The average molecular weight is 473 g/mol. The lowest BCUT2D eigenvalue weighted by Gasteiger charge is -2.32. The van der Waals surface area contributed by atoms with Gasteiger partial charge in [-0.05, 0) is 55.3 Å². The minimum atomic E-state index is -0.941. The molecule has 180 valence electrons. The van der Waals surface area contributed by atoms with Crippen molar-refractivity contribution in [1.29, 1.82) is 0 Å². The molecule has 2 aromatic heterocycles. The van der Waals surface area contributed by atoms with E-state index in [-0.39, 0.29) is 18.4 Å². The Kier molecular flexibility index (Phi) is 7.47. The summed E-state index contributed by atoms with van der Waals surface area (Å²) in [5.74, 6) is -0.632. The number of anilines is 1. The first kappa shape index (κ1) is 24.0. The Labute approximate surface area is 203 Å². The molecule has 0 aliphatic heterocycles. The van der Waals surface area contributed by atoms with Gasteiger partial charge in [0.2, 0.25) is 11.8 Å². The summed E-state index contributed by atoms with van der Waals surface area (Å²) in [5.41, 5.74) is 4.61. The largest absolute Gasteiger partial charge is 0.383 e. The van der Waals surface area contributed by atoms with Gasteiger partial charge in [0.25, 0.3) is 0 Å². The van der Waals surface area contributed by atoms with Gasteiger partial charge in [0.1, 0.15) is 18.1 Å². The molecule has 2 heterocycles. The van der Waals surface area contributed by atoms with Crippen LogP contribution in [0.1, 0.15) is 22.7 Å². The quantitative estimate of drug-likeness (QED) is 0.376. The molecule has 0 radical (unpaired) electrons. The average Bonchev–Trinajstić information content (AvgIpc) is 3.25. The van der Waals surface area contributed by atoms with Crippen molar-refractivity contribution >= 4 is 28.5 Å². The Balaban J connectivity index is 1.79. The zero-order valence-corrected chi connectivity index (χ0v) is 20.0. The van der Waals surface area contributed by atoms with Crippen LogP contribution in [0.25, 0.3) is 11.0 Å². The fourth-order valence-electron chi connectivity index (χ4n) is 4.09. The predicted octanol–water partition coefficient (Wildman–Crippen LogP) is 2.98. The summed E-state index contributed by atoms with van der Waals surface area (Å²) in [4.78, 5) is 33.2. The zero-order chi connectivity index (χ0) is 24.8. The lowest BCUT2D eigenvalue weighted by Crippen LogP contribution is -2.46. The maximum absolute atomic E-state index is 13.9. The number of carbonyl (C=O) groups is 2. The minimum Gasteiger partial charge on any atom is -0.383 e. The van der Waals surface area contributed by atoms with Gasteiger partial charge in [-0.2, -0.15) is 0 Å². The summed E-state index contributed by atoms with van der Waals surface area (Å²) in [6.07, 6.45) is 3.24. The first-order valence-electron chi connectivity index (χ1n) is 11.3. The molecule has 0 aliphatic rings. The second-order valence-electron chi connectivity index (χ2n) is 8.32. The van der Waals surface area contributed by atoms with Gasteiger partial charge in [0.15, 0.2) is 0 Å². The van der Waals surface area contributed by atoms with Crippen molar-refractivity contribution in [2.75, 3.05) is 25.2 Å². The second kappa shape index (κ2) is 10.9. The number of fused-ring (bicyclic) bond motifs is 1. The van der Waals surface area contributed by atoms with E-state index in [1.807, 2.05) is 56.3 Å². The Hall–Kier alpha value is -4.11. The second-order valence-corrected chi connectivity index (χ2v) is 8.32. The van der Waals surface area contributed by atoms with Gasteiger partial charge in [-0.3, -0.25) is 19.5 Å². The number of hydrogen-bond donors (Lipinski definition) is 1. The number of para-hydroxylation sites is 1. The number of rotatable bonds is 9. The molecule has 0 spiro atoms. The smallest absolute Gasteiger partial charge is 0.249 e. The summed E-state index contributed by atoms with van der Waals surface area (Å²) >= 11 is 0. The number of ether oxygens (including phenoxy) is 1. The van der Waals surface area contributed by atoms with Crippen LogP contribution in [0, 0.1) is 13.8 Å². The van der Waals surface area contributed by atoms with E-state index in [9.17, 15) is 9.59 Å². The number of carbonyl (C=O) groups excluding carboxylic acids is 2. The molecule has 9 nitrogen and oxygen atoms in total. The highest BCUT2D eigenvalue weighted by atomic mass is 16.5. The fourth-order valence-corrected chi connectivity index (χ4v) is 4.09. The number of benzene rings is 2. The molecule has 4 aromatic rings. The van der Waals surface area contributed by atoms with Crippen molar-refractivity contribution in [3.8, 4) is 0 Å². The molecule has 2 aromatic carbocycles. The van der Waals surface area contributed by atoms with E-state index in [0.717, 1.165) is 16.6 Å². The van der Waals surface area contributed by atoms with Gasteiger partial charge in [-0.25, -0.2) is 4.68 Å². The van der Waals surface area contributed by atoms with Gasteiger partial charge in [-0.15, -0.1) is 5.10 Å². The Morgan fingerprint density at radius 2 is 1.86 bits per heavy atom. The van der Waals surface area contributed by atoms with Crippen LogP contribution < -0.4 is 10.2 Å². The van der Waals surface area contributed by atoms with Crippen molar-refractivity contribution in [3.05, 3.63) is 83.7 Å². The molecule has 0 bridgehead atoms. The lowest BCUT2D eigenvalue weighted by atomic mass is 10.0. The molecule has 0 saturated heterocycles. The molecule has 9 heteroatoms. The van der Waals surface area contributed by atoms with E-state index in [0.29, 0.717) is 29.9 Å². The third-order valence-corrected chi connectivity index (χ3v) is 5.57. The van der Waals surface area contributed by atoms with Crippen molar-refractivity contribution in [3.63, 3.8) is 0 Å². The summed E-state index contributed by atoms with van der Waals surface area (Å²) in [6.45, 7) is 4.50. The standard InChI is InChI=1S/C26H28N6O3/c1-18-13-19(2)15-21(14-18)32(24(33)17-31-23-9-5-4-8-22(23)29-30-31)25(20-7-6-10-27-16-20)26(34)28-11-12-35-3/h4-10,13-16,25H,11-12,17H2,1-3H3,(H,28,34)/t25-/m1/s1. The van der Waals surface area contributed by atoms with Crippen LogP contribution in [0.5, 0.6) is 0 Å². The van der Waals surface area contributed by atoms with Crippen molar-refractivity contribution in [2.45, 2.75) is 26.4 Å². The highest BCUT2D eigenvalue weighted by Crippen LogP contribution is 2.30. The number of aromatic nitrogens is 4. The Bertz CT molecular complexity index is 1300. The number of nitrogens with one attached hydrogen (secondary N) is 1. The molecular formula is C26H28N6O3. The van der Waals surface area contributed by atoms with Crippen LogP contribution in [0.15, 0.2) is 67.0 Å². The molecular weight excluding hydrogens is 444 g/mol. The summed E-state index contributed by atoms with van der Waals surface area (Å²) < 4.78 is 6.64. The van der Waals surface area contributed by atoms with Gasteiger partial charge in [-0.1, -0.05) is 29.5 Å². The normalized spacial score (nSPS) is 11.9. The van der Waals surface area contributed by atoms with E-state index >= 15 is 0 Å². The predicted molar refractivity (Wildman–Crippen MR) is 133 cm³/mol. The maximum Gasteiger partial charge on any atom is 0.249 e. The number of aryl methyl sites for hydroxylation is 2. The Morgan fingerprint density at radius 1 is 1.09 bits per heavy atom. The third kappa shape index (κ3) is 5.52. The molecule has 4 rings (SSSR count). The highest BCUT2D eigenvalue weighted by molar-refractivity contribution is 6.01. The van der Waals surface area contributed by atoms with E-state index in [2.05, 4.69) is 20.6 Å². The van der Waals surface area contributed by atoms with E-state index in [1.165, 1.54) is 4.90 Å². The van der Waals surface area contributed by atoms with Crippen LogP contribution in [-0.4, -0.2) is 52.1 Å². The molecule has 0 unspecified atom stereocenters. The number of nitrogens with zero attached hydrogens (tertiary/aromatic N) is 5. The zero-order valence-electron chi connectivity index (χ0n) is 20.0. The summed E-state index contributed by atoms with van der Waals surface area (Å²) in [7, 11) is 1.57. The van der Waals surface area contributed by atoms with Crippen molar-refractivity contribution in [2.24, 2.45) is 0 Å². The number of hydrogen-bond acceptors (Lipinski definition) is 6. The van der Waals surface area contributed by atoms with E-state index in [1.54, 1.807) is 36.3 Å². The minimum absolute atomic E-state index is 0.0877. The Morgan fingerprint density at radius 3 is 2.57 bits per heavy atom. The number of pyridine rings is 1. The van der Waals surface area contributed by atoms with Crippen LogP contribution >= 0.6 is 0 Å². The van der Waals surface area contributed by atoms with Crippen LogP contribution in [-0.2, 0) is 20.9 Å². The van der Waals surface area contributed by atoms with Gasteiger partial charge in [0.05, 0.1) is 12.1 Å². The first-order valence-corrected chi connectivity index (χ1v) is 11.3. The fraction of sp³-hybridized carbons (Fsp3) is 0.269. The summed E-state index contributed by atoms with van der Waals surface area (Å²) in [6, 6.07) is 15.9. The van der Waals surface area contributed by atoms with E-state index < -0.39 is 6.04 Å². The third-order valence-electron chi connectivity index (χ3n) is 5.57. The van der Waals surface area contributed by atoms with Gasteiger partial charge in [0, 0.05) is 37.3 Å². The lowest BCUT2D eigenvalue weighted by molar-refractivity contribution is -0.127. The summed E-state index contributed by atoms with van der Waals surface area (Å²) in [5, 5.41) is 11.2. The number of amides is 2. The van der Waals surface area contributed by atoms with Gasteiger partial charge < -0.3 is 10.1 Å². The maximum atomic E-state index is 13.9. The number of methoxy groups -OCH3 is 1. The van der Waals surface area contributed by atoms with Crippen molar-refractivity contribution < 1.29 is 14.3 Å². The monoisotopic (exact) mass is 472 g/mol. The van der Waals surface area contributed by atoms with Crippen LogP contribution in [0.3, 0.4) is 0 Å². The molecule has 2 amide bonds. The van der Waals surface area contributed by atoms with Crippen molar-refractivity contribution in [1.82, 2.24) is 25.3 Å². The molecule has 0 saturated carbocycles. The molecule has 1 N–H and O–H groups in total. The topological polar surface area (TPSA) is 102 Å². The molecule has 35 heavy (non-hydrogen) atoms. The highest BCUT2D eigenvalue weighted by Gasteiger charge is 2.33. The van der Waals surface area contributed by atoms with Crippen LogP contribution in [0.2, 0.25) is 0 Å². The molecule has 0 aliphatic carbocycles. The van der Waals surface area contributed by atoms with Gasteiger partial charge >= 0.3 is 0 Å². The SMILES string of the molecule is COCCNC(=O)[C@@H](c1cccnc1)N(C(=O)Cn1nnc2ccccc21)c1cc(C)cc(C)c1. The van der Waals surface area contributed by atoms with Crippen LogP contribution in [0.4, 0.5) is 5.69 Å².